The van der Waals surface area contributed by atoms with Crippen molar-refractivity contribution in [2.75, 3.05) is 40.8 Å². The van der Waals surface area contributed by atoms with Gasteiger partial charge in [-0.15, -0.1) is 0 Å². The average Bonchev–Trinajstić information content (AvgIpc) is 2.45. The number of nitrogens with one attached hydrogen (secondary N) is 1. The van der Waals surface area contributed by atoms with Crippen LogP contribution in [0.3, 0.4) is 0 Å². The van der Waals surface area contributed by atoms with Crippen molar-refractivity contribution >= 4 is 0 Å². The lowest BCUT2D eigenvalue weighted by Crippen LogP contribution is -2.19. The van der Waals surface area contributed by atoms with Crippen molar-refractivity contribution in [3.05, 3.63) is 23.8 Å². The summed E-state index contributed by atoms with van der Waals surface area (Å²) >= 11 is 0. The van der Waals surface area contributed by atoms with Gasteiger partial charge in [0, 0.05) is 38.4 Å². The maximum atomic E-state index is 5.60. The third kappa shape index (κ3) is 5.92. The van der Waals surface area contributed by atoms with E-state index in [-0.39, 0.29) is 6.79 Å². The molecule has 0 heterocycles. The summed E-state index contributed by atoms with van der Waals surface area (Å²) in [5, 5.41) is 3.28. The Kier molecular flexibility index (Phi) is 7.97. The summed E-state index contributed by atoms with van der Waals surface area (Å²) < 4.78 is 21.0. The third-order valence-electron chi connectivity index (χ3n) is 2.57. The highest BCUT2D eigenvalue weighted by molar-refractivity contribution is 5.40. The summed E-state index contributed by atoms with van der Waals surface area (Å²) in [5.74, 6) is 1.55. The van der Waals surface area contributed by atoms with Gasteiger partial charge in [-0.25, -0.2) is 0 Å². The first-order chi connectivity index (χ1) is 9.31. The maximum absolute atomic E-state index is 5.60. The van der Waals surface area contributed by atoms with Crippen LogP contribution in [0.4, 0.5) is 0 Å². The molecule has 0 spiro atoms. The molecule has 0 amide bonds. The van der Waals surface area contributed by atoms with Crippen LogP contribution in [0.1, 0.15) is 12.5 Å². The highest BCUT2D eigenvalue weighted by Crippen LogP contribution is 2.24. The highest BCUT2D eigenvalue weighted by Gasteiger charge is 2.06. The predicted molar refractivity (Wildman–Crippen MR) is 73.7 cm³/mol. The smallest absolute Gasteiger partial charge is 0.189 e. The molecule has 5 nitrogen and oxygen atoms in total. The molecule has 19 heavy (non-hydrogen) atoms. The van der Waals surface area contributed by atoms with Gasteiger partial charge in [0.2, 0.25) is 0 Å². The van der Waals surface area contributed by atoms with Crippen LogP contribution in [0, 0.1) is 0 Å². The van der Waals surface area contributed by atoms with Crippen molar-refractivity contribution in [3.63, 3.8) is 0 Å². The highest BCUT2D eigenvalue weighted by atomic mass is 16.7. The molecule has 0 atom stereocenters. The molecule has 0 radical (unpaired) electrons. The number of hydrogen-bond acceptors (Lipinski definition) is 5. The fourth-order valence-electron chi connectivity index (χ4n) is 1.53. The van der Waals surface area contributed by atoms with E-state index in [1.54, 1.807) is 14.2 Å². The maximum Gasteiger partial charge on any atom is 0.189 e. The molecule has 1 aromatic carbocycles. The SMILES string of the molecule is CCOCOc1cc(OC)ccc1CNCCOC. The second-order valence-electron chi connectivity index (χ2n) is 3.90. The van der Waals surface area contributed by atoms with Gasteiger partial charge in [0.05, 0.1) is 13.7 Å². The fourth-order valence-corrected chi connectivity index (χ4v) is 1.53. The zero-order chi connectivity index (χ0) is 13.9. The van der Waals surface area contributed by atoms with Gasteiger partial charge >= 0.3 is 0 Å². The summed E-state index contributed by atoms with van der Waals surface area (Å²) in [4.78, 5) is 0. The van der Waals surface area contributed by atoms with E-state index in [4.69, 9.17) is 18.9 Å². The van der Waals surface area contributed by atoms with Gasteiger partial charge in [-0.2, -0.15) is 0 Å². The number of hydrogen-bond donors (Lipinski definition) is 1. The molecule has 0 saturated heterocycles. The van der Waals surface area contributed by atoms with Crippen LogP contribution in [0.15, 0.2) is 18.2 Å². The van der Waals surface area contributed by atoms with Gasteiger partial charge in [0.15, 0.2) is 6.79 Å². The molecule has 0 saturated carbocycles. The van der Waals surface area contributed by atoms with Crippen LogP contribution in [0.25, 0.3) is 0 Å². The molecule has 0 aliphatic carbocycles. The lowest BCUT2D eigenvalue weighted by atomic mass is 10.2. The van der Waals surface area contributed by atoms with E-state index in [0.717, 1.165) is 30.2 Å². The Morgan fingerprint density at radius 2 is 2.05 bits per heavy atom. The molecular formula is C14H23NO4. The van der Waals surface area contributed by atoms with Gasteiger partial charge in [-0.3, -0.25) is 0 Å². The fraction of sp³-hybridized carbons (Fsp3) is 0.571. The Hall–Kier alpha value is -1.30. The first-order valence-electron chi connectivity index (χ1n) is 6.39. The third-order valence-corrected chi connectivity index (χ3v) is 2.57. The van der Waals surface area contributed by atoms with Crippen LogP contribution in [0.2, 0.25) is 0 Å². The predicted octanol–water partition coefficient (Wildman–Crippen LogP) is 1.80. The Morgan fingerprint density at radius 1 is 1.21 bits per heavy atom. The van der Waals surface area contributed by atoms with Crippen molar-refractivity contribution in [2.45, 2.75) is 13.5 Å². The number of benzene rings is 1. The van der Waals surface area contributed by atoms with E-state index in [1.807, 2.05) is 25.1 Å². The van der Waals surface area contributed by atoms with E-state index >= 15 is 0 Å². The van der Waals surface area contributed by atoms with E-state index in [1.165, 1.54) is 0 Å². The van der Waals surface area contributed by atoms with Crippen LogP contribution >= 0.6 is 0 Å². The van der Waals surface area contributed by atoms with Crippen LogP contribution in [-0.2, 0) is 16.0 Å². The molecule has 0 bridgehead atoms. The van der Waals surface area contributed by atoms with Crippen LogP contribution in [-0.4, -0.2) is 40.8 Å². The molecule has 108 valence electrons. The van der Waals surface area contributed by atoms with E-state index in [2.05, 4.69) is 5.32 Å². The summed E-state index contributed by atoms with van der Waals surface area (Å²) in [6.07, 6.45) is 0. The monoisotopic (exact) mass is 269 g/mol. The standard InChI is InChI=1S/C14H23NO4/c1-4-18-11-19-14-9-13(17-3)6-5-12(14)10-15-7-8-16-2/h5-6,9,15H,4,7-8,10-11H2,1-3H3. The zero-order valence-corrected chi connectivity index (χ0v) is 11.9. The summed E-state index contributed by atoms with van der Waals surface area (Å²) in [6, 6.07) is 5.77. The summed E-state index contributed by atoms with van der Waals surface area (Å²) in [6.45, 7) is 5.01. The second-order valence-corrected chi connectivity index (χ2v) is 3.90. The Balaban J connectivity index is 2.60. The zero-order valence-electron chi connectivity index (χ0n) is 11.9. The molecule has 5 heteroatoms. The number of methoxy groups -OCH3 is 2. The lowest BCUT2D eigenvalue weighted by Gasteiger charge is -2.13. The minimum atomic E-state index is 0.245. The molecule has 1 N–H and O–H groups in total. The van der Waals surface area contributed by atoms with E-state index < -0.39 is 0 Å². The van der Waals surface area contributed by atoms with Gasteiger partial charge < -0.3 is 24.3 Å². The Morgan fingerprint density at radius 3 is 2.74 bits per heavy atom. The minimum Gasteiger partial charge on any atom is -0.497 e. The molecule has 0 unspecified atom stereocenters. The van der Waals surface area contributed by atoms with Crippen LogP contribution in [0.5, 0.6) is 11.5 Å². The van der Waals surface area contributed by atoms with Crippen molar-refractivity contribution in [2.24, 2.45) is 0 Å². The quantitative estimate of drug-likeness (QED) is 0.518. The van der Waals surface area contributed by atoms with Crippen LogP contribution < -0.4 is 14.8 Å². The van der Waals surface area contributed by atoms with Gasteiger partial charge in [0.1, 0.15) is 11.5 Å². The van der Waals surface area contributed by atoms with Crippen molar-refractivity contribution in [1.29, 1.82) is 0 Å². The molecule has 1 rings (SSSR count). The van der Waals surface area contributed by atoms with Crippen molar-refractivity contribution < 1.29 is 18.9 Å². The molecule has 0 aliphatic heterocycles. The average molecular weight is 269 g/mol. The van der Waals surface area contributed by atoms with Gasteiger partial charge in [0.25, 0.3) is 0 Å². The van der Waals surface area contributed by atoms with Gasteiger partial charge in [-0.1, -0.05) is 6.07 Å². The first-order valence-corrected chi connectivity index (χ1v) is 6.39. The summed E-state index contributed by atoms with van der Waals surface area (Å²) in [5.41, 5.74) is 1.07. The number of rotatable bonds is 10. The van der Waals surface area contributed by atoms with Crippen molar-refractivity contribution in [1.82, 2.24) is 5.32 Å². The molecule has 0 aliphatic rings. The van der Waals surface area contributed by atoms with Crippen molar-refractivity contribution in [3.8, 4) is 11.5 Å². The van der Waals surface area contributed by atoms with Gasteiger partial charge in [-0.05, 0) is 13.0 Å². The molecular weight excluding hydrogens is 246 g/mol. The largest absolute Gasteiger partial charge is 0.497 e. The second kappa shape index (κ2) is 9.61. The topological polar surface area (TPSA) is 49.0 Å². The minimum absolute atomic E-state index is 0.245. The van der Waals surface area contributed by atoms with E-state index in [9.17, 15) is 0 Å². The molecule has 1 aromatic rings. The summed E-state index contributed by atoms with van der Waals surface area (Å²) in [7, 11) is 3.32. The van der Waals surface area contributed by atoms with E-state index in [0.29, 0.717) is 13.2 Å². The Labute approximate surface area is 114 Å². The molecule has 0 aromatic heterocycles. The normalized spacial score (nSPS) is 10.5. The number of ether oxygens (including phenoxy) is 4. The first kappa shape index (κ1) is 15.8. The Bertz CT molecular complexity index is 357. The lowest BCUT2D eigenvalue weighted by molar-refractivity contribution is 0.0216. The molecule has 0 fully saturated rings.